The lowest BCUT2D eigenvalue weighted by atomic mass is 10.1. The molecule has 0 aliphatic rings. The summed E-state index contributed by atoms with van der Waals surface area (Å²) in [7, 11) is 0. The molecule has 0 atom stereocenters. The van der Waals surface area contributed by atoms with E-state index in [1.165, 1.54) is 5.56 Å². The Morgan fingerprint density at radius 1 is 0.893 bits per heavy atom. The first-order valence-electron chi connectivity index (χ1n) is 9.85. The van der Waals surface area contributed by atoms with E-state index in [0.29, 0.717) is 6.54 Å². The lowest BCUT2D eigenvalue weighted by Crippen LogP contribution is -2.30. The Morgan fingerprint density at radius 3 is 2.21 bits per heavy atom. The zero-order valence-corrected chi connectivity index (χ0v) is 16.9. The third-order valence-electron chi connectivity index (χ3n) is 4.88. The van der Waals surface area contributed by atoms with Crippen LogP contribution in [0, 0.1) is 6.92 Å². The Kier molecular flexibility index (Phi) is 6.66. The van der Waals surface area contributed by atoms with Crippen LogP contribution in [0.4, 0.5) is 0 Å². The zero-order valence-electron chi connectivity index (χ0n) is 16.9. The van der Waals surface area contributed by atoms with Crippen molar-refractivity contribution in [1.82, 2.24) is 10.2 Å². The molecule has 0 aliphatic heterocycles. The van der Waals surface area contributed by atoms with Crippen LogP contribution in [0.15, 0.2) is 65.1 Å². The molecule has 4 heteroatoms. The highest BCUT2D eigenvalue weighted by atomic mass is 16.3. The summed E-state index contributed by atoms with van der Waals surface area (Å²) in [5, 5.41) is 3.40. The van der Waals surface area contributed by atoms with Gasteiger partial charge in [-0.2, -0.15) is 0 Å². The van der Waals surface area contributed by atoms with Gasteiger partial charge in [-0.15, -0.1) is 0 Å². The highest BCUT2D eigenvalue weighted by Crippen LogP contribution is 2.22. The molecule has 3 rings (SSSR count). The highest BCUT2D eigenvalue weighted by Gasteiger charge is 2.11. The molecule has 0 bridgehead atoms. The molecule has 0 aliphatic carbocycles. The lowest BCUT2D eigenvalue weighted by Gasteiger charge is -2.18. The Bertz CT molecular complexity index is 891. The predicted molar refractivity (Wildman–Crippen MR) is 113 cm³/mol. The van der Waals surface area contributed by atoms with Gasteiger partial charge in [0.25, 0.3) is 5.91 Å². The molecular formula is C24H28N2O2. The number of nitrogens with one attached hydrogen (secondary N) is 1. The standard InChI is InChI=1S/C24H28N2O2/c1-4-26(5-2)24(27)21-12-8-19(9-13-21)16-25-17-22-14-15-23(28-22)20-10-6-18(3)7-11-20/h6-15,25H,4-5,16-17H2,1-3H3. The van der Waals surface area contributed by atoms with Gasteiger partial charge < -0.3 is 14.6 Å². The fourth-order valence-electron chi connectivity index (χ4n) is 3.13. The van der Waals surface area contributed by atoms with Crippen LogP contribution in [-0.4, -0.2) is 23.9 Å². The molecule has 2 aromatic carbocycles. The van der Waals surface area contributed by atoms with Crippen LogP contribution in [0.3, 0.4) is 0 Å². The molecule has 1 aromatic heterocycles. The van der Waals surface area contributed by atoms with Crippen LogP contribution in [0.5, 0.6) is 0 Å². The van der Waals surface area contributed by atoms with Crippen molar-refractivity contribution in [2.24, 2.45) is 0 Å². The topological polar surface area (TPSA) is 45.5 Å². The van der Waals surface area contributed by atoms with Gasteiger partial charge in [-0.05, 0) is 50.6 Å². The van der Waals surface area contributed by atoms with E-state index in [0.717, 1.165) is 47.8 Å². The van der Waals surface area contributed by atoms with E-state index in [-0.39, 0.29) is 5.91 Å². The van der Waals surface area contributed by atoms with Crippen molar-refractivity contribution < 1.29 is 9.21 Å². The zero-order chi connectivity index (χ0) is 19.9. The molecule has 146 valence electrons. The molecule has 0 spiro atoms. The van der Waals surface area contributed by atoms with Gasteiger partial charge in [0.05, 0.1) is 6.54 Å². The fraction of sp³-hybridized carbons (Fsp3) is 0.292. The van der Waals surface area contributed by atoms with Crippen molar-refractivity contribution in [1.29, 1.82) is 0 Å². The highest BCUT2D eigenvalue weighted by molar-refractivity contribution is 5.94. The number of nitrogens with zero attached hydrogens (tertiary/aromatic N) is 1. The Labute approximate surface area is 167 Å². The maximum absolute atomic E-state index is 12.4. The third kappa shape index (κ3) is 4.90. The number of rotatable bonds is 8. The second kappa shape index (κ2) is 9.38. The van der Waals surface area contributed by atoms with E-state index in [2.05, 4.69) is 36.5 Å². The van der Waals surface area contributed by atoms with Crippen molar-refractivity contribution in [3.63, 3.8) is 0 Å². The van der Waals surface area contributed by atoms with E-state index in [1.54, 1.807) is 0 Å². The number of furan rings is 1. The maximum atomic E-state index is 12.4. The fourth-order valence-corrected chi connectivity index (χ4v) is 3.13. The molecule has 0 fully saturated rings. The van der Waals surface area contributed by atoms with Gasteiger partial charge in [0.2, 0.25) is 0 Å². The van der Waals surface area contributed by atoms with E-state index >= 15 is 0 Å². The average Bonchev–Trinajstić information content (AvgIpc) is 3.19. The number of amides is 1. The SMILES string of the molecule is CCN(CC)C(=O)c1ccc(CNCc2ccc(-c3ccc(C)cc3)o2)cc1. The molecule has 1 amide bonds. The number of aryl methyl sites for hydroxylation is 1. The summed E-state index contributed by atoms with van der Waals surface area (Å²) in [6.07, 6.45) is 0. The summed E-state index contributed by atoms with van der Waals surface area (Å²) < 4.78 is 5.94. The Morgan fingerprint density at radius 2 is 1.57 bits per heavy atom. The molecular weight excluding hydrogens is 348 g/mol. The Hall–Kier alpha value is -2.85. The minimum Gasteiger partial charge on any atom is -0.460 e. The van der Waals surface area contributed by atoms with Gasteiger partial charge in [0.1, 0.15) is 11.5 Å². The first kappa shape index (κ1) is 19.9. The van der Waals surface area contributed by atoms with Gasteiger partial charge in [-0.1, -0.05) is 42.0 Å². The molecule has 0 saturated heterocycles. The smallest absolute Gasteiger partial charge is 0.253 e. The van der Waals surface area contributed by atoms with Crippen LogP contribution in [0.25, 0.3) is 11.3 Å². The molecule has 1 heterocycles. The monoisotopic (exact) mass is 376 g/mol. The number of hydrogen-bond acceptors (Lipinski definition) is 3. The summed E-state index contributed by atoms with van der Waals surface area (Å²) in [5.74, 6) is 1.88. The number of benzene rings is 2. The number of carbonyl (C=O) groups is 1. The van der Waals surface area contributed by atoms with Crippen molar-refractivity contribution in [3.8, 4) is 11.3 Å². The molecule has 0 saturated carbocycles. The van der Waals surface area contributed by atoms with E-state index in [1.807, 2.05) is 55.1 Å². The van der Waals surface area contributed by atoms with Crippen molar-refractivity contribution in [2.45, 2.75) is 33.9 Å². The lowest BCUT2D eigenvalue weighted by molar-refractivity contribution is 0.0773. The summed E-state index contributed by atoms with van der Waals surface area (Å²) in [6.45, 7) is 8.91. The van der Waals surface area contributed by atoms with E-state index in [4.69, 9.17) is 4.42 Å². The number of carbonyl (C=O) groups excluding carboxylic acids is 1. The molecule has 0 unspecified atom stereocenters. The van der Waals surface area contributed by atoms with Crippen molar-refractivity contribution in [2.75, 3.05) is 13.1 Å². The first-order chi connectivity index (χ1) is 13.6. The predicted octanol–water partition coefficient (Wildman–Crippen LogP) is 5.03. The van der Waals surface area contributed by atoms with Gasteiger partial charge in [-0.25, -0.2) is 0 Å². The summed E-state index contributed by atoms with van der Waals surface area (Å²) in [5.41, 5.74) is 4.20. The van der Waals surface area contributed by atoms with Crippen LogP contribution in [-0.2, 0) is 13.1 Å². The molecule has 0 radical (unpaired) electrons. The van der Waals surface area contributed by atoms with Crippen LogP contribution >= 0.6 is 0 Å². The molecule has 3 aromatic rings. The van der Waals surface area contributed by atoms with E-state index in [9.17, 15) is 4.79 Å². The number of hydrogen-bond donors (Lipinski definition) is 1. The summed E-state index contributed by atoms with van der Waals surface area (Å²) in [4.78, 5) is 14.2. The van der Waals surface area contributed by atoms with Gasteiger partial charge in [-0.3, -0.25) is 4.79 Å². The minimum atomic E-state index is 0.0868. The van der Waals surface area contributed by atoms with Crippen LogP contribution < -0.4 is 5.32 Å². The van der Waals surface area contributed by atoms with Crippen molar-refractivity contribution in [3.05, 3.63) is 83.1 Å². The third-order valence-corrected chi connectivity index (χ3v) is 4.88. The Balaban J connectivity index is 1.53. The summed E-state index contributed by atoms with van der Waals surface area (Å²) >= 11 is 0. The second-order valence-electron chi connectivity index (χ2n) is 6.91. The van der Waals surface area contributed by atoms with Crippen LogP contribution in [0.1, 0.15) is 41.1 Å². The largest absolute Gasteiger partial charge is 0.460 e. The summed E-state index contributed by atoms with van der Waals surface area (Å²) in [6, 6.07) is 20.2. The first-order valence-corrected chi connectivity index (χ1v) is 9.85. The van der Waals surface area contributed by atoms with E-state index < -0.39 is 0 Å². The van der Waals surface area contributed by atoms with Gasteiger partial charge in [0, 0.05) is 30.8 Å². The molecule has 28 heavy (non-hydrogen) atoms. The maximum Gasteiger partial charge on any atom is 0.253 e. The quantitative estimate of drug-likeness (QED) is 0.600. The molecule has 4 nitrogen and oxygen atoms in total. The van der Waals surface area contributed by atoms with Gasteiger partial charge >= 0.3 is 0 Å². The minimum absolute atomic E-state index is 0.0868. The second-order valence-corrected chi connectivity index (χ2v) is 6.91. The van der Waals surface area contributed by atoms with Gasteiger partial charge in [0.15, 0.2) is 0 Å². The van der Waals surface area contributed by atoms with Crippen LogP contribution in [0.2, 0.25) is 0 Å². The average molecular weight is 377 g/mol. The molecule has 1 N–H and O–H groups in total. The van der Waals surface area contributed by atoms with Crippen molar-refractivity contribution >= 4 is 5.91 Å². The normalized spacial score (nSPS) is 10.8.